The Labute approximate surface area is 96.1 Å². The van der Waals surface area contributed by atoms with Crippen molar-refractivity contribution in [1.82, 2.24) is 10.2 Å². The predicted octanol–water partition coefficient (Wildman–Crippen LogP) is 1.87. The first-order valence-corrected chi connectivity index (χ1v) is 6.24. The molecule has 1 atom stereocenters. The van der Waals surface area contributed by atoms with Gasteiger partial charge in [0.25, 0.3) is 0 Å². The summed E-state index contributed by atoms with van der Waals surface area (Å²) in [5, 5.41) is 3.94. The molecule has 0 aliphatic carbocycles. The van der Waals surface area contributed by atoms with Gasteiger partial charge in [0.15, 0.2) is 0 Å². The fourth-order valence-electron chi connectivity index (χ4n) is 1.23. The van der Waals surface area contributed by atoms with Crippen LogP contribution in [0.3, 0.4) is 0 Å². The summed E-state index contributed by atoms with van der Waals surface area (Å²) in [6.45, 7) is 2.20. The standard InChI is InChI=1S/C10H18N2S2/c1-12(2)10(13)14-9-5-3-4-7-11-8-6-9/h3,5,9,11H,4,6-8H2,1-2H3. The van der Waals surface area contributed by atoms with Gasteiger partial charge in [0.2, 0.25) is 0 Å². The number of thiocarbonyl (C=S) groups is 1. The number of nitrogens with one attached hydrogen (secondary N) is 1. The molecule has 1 N–H and O–H groups in total. The Morgan fingerprint density at radius 3 is 3.00 bits per heavy atom. The average Bonchev–Trinajstić information content (AvgIpc) is 2.08. The molecule has 1 heterocycles. The SMILES string of the molecule is CN(C)C(=S)SC1C=CCCNCC1. The van der Waals surface area contributed by atoms with Gasteiger partial charge in [-0.3, -0.25) is 0 Å². The molecule has 1 unspecified atom stereocenters. The molecule has 0 bridgehead atoms. The number of hydrogen-bond acceptors (Lipinski definition) is 3. The van der Waals surface area contributed by atoms with Crippen molar-refractivity contribution in [3.8, 4) is 0 Å². The van der Waals surface area contributed by atoms with Crippen LogP contribution in [-0.2, 0) is 0 Å². The summed E-state index contributed by atoms with van der Waals surface area (Å²) in [6.07, 6.45) is 6.84. The van der Waals surface area contributed by atoms with Gasteiger partial charge in [0, 0.05) is 19.3 Å². The third-order valence-electron chi connectivity index (χ3n) is 2.06. The Balaban J connectivity index is 2.41. The lowest BCUT2D eigenvalue weighted by Crippen LogP contribution is -2.24. The molecule has 2 nitrogen and oxygen atoms in total. The molecule has 0 aromatic rings. The first-order valence-electron chi connectivity index (χ1n) is 4.95. The van der Waals surface area contributed by atoms with E-state index in [0.717, 1.165) is 30.3 Å². The summed E-state index contributed by atoms with van der Waals surface area (Å²) < 4.78 is 0.972. The van der Waals surface area contributed by atoms with Crippen molar-refractivity contribution in [2.24, 2.45) is 0 Å². The van der Waals surface area contributed by atoms with Crippen molar-refractivity contribution in [2.45, 2.75) is 18.1 Å². The summed E-state index contributed by atoms with van der Waals surface area (Å²) >= 11 is 7.05. The molecule has 1 rings (SSSR count). The Kier molecular flexibility index (Phi) is 5.52. The van der Waals surface area contributed by atoms with Gasteiger partial charge in [-0.25, -0.2) is 0 Å². The Morgan fingerprint density at radius 2 is 2.29 bits per heavy atom. The normalized spacial score (nSPS) is 22.6. The van der Waals surface area contributed by atoms with Crippen LogP contribution in [-0.4, -0.2) is 41.7 Å². The zero-order valence-electron chi connectivity index (χ0n) is 8.82. The molecule has 0 amide bonds. The number of rotatable bonds is 1. The molecule has 1 aliphatic heterocycles. The molecular formula is C10H18N2S2. The lowest BCUT2D eigenvalue weighted by molar-refractivity contribution is 0.642. The zero-order valence-corrected chi connectivity index (χ0v) is 10.5. The molecule has 0 aromatic heterocycles. The van der Waals surface area contributed by atoms with Crippen molar-refractivity contribution < 1.29 is 0 Å². The molecular weight excluding hydrogens is 212 g/mol. The quantitative estimate of drug-likeness (QED) is 0.546. The smallest absolute Gasteiger partial charge is 0.136 e. The second kappa shape index (κ2) is 6.43. The summed E-state index contributed by atoms with van der Waals surface area (Å²) in [5.74, 6) is 0. The van der Waals surface area contributed by atoms with E-state index in [-0.39, 0.29) is 0 Å². The van der Waals surface area contributed by atoms with Crippen molar-refractivity contribution in [3.63, 3.8) is 0 Å². The number of thioether (sulfide) groups is 1. The molecule has 80 valence electrons. The van der Waals surface area contributed by atoms with Crippen LogP contribution in [0.25, 0.3) is 0 Å². The van der Waals surface area contributed by atoms with Crippen LogP contribution in [0.1, 0.15) is 12.8 Å². The van der Waals surface area contributed by atoms with Gasteiger partial charge >= 0.3 is 0 Å². The van der Waals surface area contributed by atoms with Gasteiger partial charge < -0.3 is 10.2 Å². The van der Waals surface area contributed by atoms with Crippen LogP contribution in [0.4, 0.5) is 0 Å². The number of nitrogens with zero attached hydrogens (tertiary/aromatic N) is 1. The zero-order chi connectivity index (χ0) is 10.4. The Hall–Kier alpha value is -0.0600. The van der Waals surface area contributed by atoms with Crippen LogP contribution in [0.2, 0.25) is 0 Å². The molecule has 14 heavy (non-hydrogen) atoms. The predicted molar refractivity (Wildman–Crippen MR) is 68.9 cm³/mol. The van der Waals surface area contributed by atoms with Crippen molar-refractivity contribution in [1.29, 1.82) is 0 Å². The van der Waals surface area contributed by atoms with E-state index in [4.69, 9.17) is 12.2 Å². The lowest BCUT2D eigenvalue weighted by atomic mass is 10.2. The minimum Gasteiger partial charge on any atom is -0.364 e. The Morgan fingerprint density at radius 1 is 1.50 bits per heavy atom. The maximum Gasteiger partial charge on any atom is 0.136 e. The Bertz CT molecular complexity index is 214. The van der Waals surface area contributed by atoms with Crippen LogP contribution < -0.4 is 5.32 Å². The van der Waals surface area contributed by atoms with Crippen molar-refractivity contribution in [2.75, 3.05) is 27.2 Å². The van der Waals surface area contributed by atoms with E-state index in [0.29, 0.717) is 5.25 Å². The molecule has 0 aromatic carbocycles. The molecule has 0 saturated carbocycles. The monoisotopic (exact) mass is 230 g/mol. The highest BCUT2D eigenvalue weighted by Gasteiger charge is 2.10. The summed E-state index contributed by atoms with van der Waals surface area (Å²) in [5.41, 5.74) is 0. The average molecular weight is 230 g/mol. The largest absolute Gasteiger partial charge is 0.364 e. The van der Waals surface area contributed by atoms with Gasteiger partial charge in [0.1, 0.15) is 4.32 Å². The van der Waals surface area contributed by atoms with E-state index < -0.39 is 0 Å². The van der Waals surface area contributed by atoms with Crippen LogP contribution in [0.15, 0.2) is 12.2 Å². The van der Waals surface area contributed by atoms with E-state index in [1.165, 1.54) is 0 Å². The van der Waals surface area contributed by atoms with Gasteiger partial charge in [-0.05, 0) is 25.9 Å². The molecule has 0 radical (unpaired) electrons. The van der Waals surface area contributed by atoms with Gasteiger partial charge in [-0.2, -0.15) is 0 Å². The summed E-state index contributed by atoms with van der Waals surface area (Å²) in [6, 6.07) is 0. The first kappa shape index (κ1) is 12.0. The topological polar surface area (TPSA) is 15.3 Å². The third-order valence-corrected chi connectivity index (χ3v) is 3.98. The maximum absolute atomic E-state index is 5.27. The summed E-state index contributed by atoms with van der Waals surface area (Å²) in [7, 11) is 4.00. The van der Waals surface area contributed by atoms with E-state index in [9.17, 15) is 0 Å². The first-order chi connectivity index (χ1) is 6.70. The molecule has 4 heteroatoms. The van der Waals surface area contributed by atoms with Crippen LogP contribution in [0.5, 0.6) is 0 Å². The molecule has 0 fully saturated rings. The van der Waals surface area contributed by atoms with E-state index in [2.05, 4.69) is 17.5 Å². The highest BCUT2D eigenvalue weighted by molar-refractivity contribution is 8.23. The minimum atomic E-state index is 0.540. The van der Waals surface area contributed by atoms with E-state index >= 15 is 0 Å². The van der Waals surface area contributed by atoms with E-state index in [1.807, 2.05) is 19.0 Å². The highest BCUT2D eigenvalue weighted by Crippen LogP contribution is 2.20. The van der Waals surface area contributed by atoms with Gasteiger partial charge in [-0.1, -0.05) is 36.1 Å². The van der Waals surface area contributed by atoms with Crippen molar-refractivity contribution >= 4 is 28.3 Å². The van der Waals surface area contributed by atoms with E-state index in [1.54, 1.807) is 11.8 Å². The fourth-order valence-corrected chi connectivity index (χ4v) is 2.50. The van der Waals surface area contributed by atoms with Gasteiger partial charge in [0.05, 0.1) is 0 Å². The van der Waals surface area contributed by atoms with Gasteiger partial charge in [-0.15, -0.1) is 0 Å². The van der Waals surface area contributed by atoms with Crippen LogP contribution >= 0.6 is 24.0 Å². The second-order valence-electron chi connectivity index (χ2n) is 3.57. The molecule has 0 spiro atoms. The second-order valence-corrected chi connectivity index (χ2v) is 5.45. The number of hydrogen-bond donors (Lipinski definition) is 1. The van der Waals surface area contributed by atoms with Crippen LogP contribution in [0, 0.1) is 0 Å². The van der Waals surface area contributed by atoms with Crippen molar-refractivity contribution in [3.05, 3.63) is 12.2 Å². The highest BCUT2D eigenvalue weighted by atomic mass is 32.2. The molecule has 0 saturated heterocycles. The third kappa shape index (κ3) is 4.44. The fraction of sp³-hybridized carbons (Fsp3) is 0.700. The minimum absolute atomic E-state index is 0.540. The maximum atomic E-state index is 5.27. The lowest BCUT2D eigenvalue weighted by Gasteiger charge is -2.19. The summed E-state index contributed by atoms with van der Waals surface area (Å²) in [4.78, 5) is 2.00. The molecule has 1 aliphatic rings.